The van der Waals surface area contributed by atoms with Gasteiger partial charge in [0, 0.05) is 12.1 Å². The molecule has 0 N–H and O–H groups in total. The third-order valence-corrected chi connectivity index (χ3v) is 3.64. The minimum atomic E-state index is 0.769. The molecule has 0 bridgehead atoms. The molecule has 1 heterocycles. The molecule has 60 valence electrons. The van der Waals surface area contributed by atoms with Crippen LogP contribution in [-0.2, 0) is 0 Å². The summed E-state index contributed by atoms with van der Waals surface area (Å²) in [6.45, 7) is 9.36. The van der Waals surface area contributed by atoms with Gasteiger partial charge in [-0.05, 0) is 32.7 Å². The summed E-state index contributed by atoms with van der Waals surface area (Å²) in [6, 6.07) is 1.54. The Bertz CT molecular complexity index is 77.1. The van der Waals surface area contributed by atoms with E-state index in [0.29, 0.717) is 0 Å². The highest BCUT2D eigenvalue weighted by molar-refractivity contribution is 4.89. The topological polar surface area (TPSA) is 3.24 Å². The van der Waals surface area contributed by atoms with Gasteiger partial charge in [-0.25, -0.2) is 0 Å². The highest BCUT2D eigenvalue weighted by Crippen LogP contribution is 2.32. The molecule has 0 amide bonds. The van der Waals surface area contributed by atoms with E-state index in [9.17, 15) is 0 Å². The summed E-state index contributed by atoms with van der Waals surface area (Å²) in [5, 5.41) is 0. The average Bonchev–Trinajstić information content (AvgIpc) is 2.07. The smallest absolute Gasteiger partial charge is 0.00955 e. The minimum absolute atomic E-state index is 0.769. The number of nitrogens with zero attached hydrogens (tertiary/aromatic N) is 1. The molecule has 0 spiro atoms. The summed E-state index contributed by atoms with van der Waals surface area (Å²) in [6.07, 6.45) is 0. The molecule has 0 aliphatic carbocycles. The first kappa shape index (κ1) is 8.06. The molecule has 1 aliphatic heterocycles. The summed E-state index contributed by atoms with van der Waals surface area (Å²) in [4.78, 5) is 2.48. The zero-order valence-corrected chi connectivity index (χ0v) is 7.76. The van der Waals surface area contributed by atoms with Crippen LogP contribution < -0.4 is 0 Å². The van der Waals surface area contributed by atoms with Crippen LogP contribution in [0, 0.1) is 11.8 Å². The maximum absolute atomic E-state index is 2.48. The van der Waals surface area contributed by atoms with Crippen molar-refractivity contribution < 1.29 is 0 Å². The van der Waals surface area contributed by atoms with Gasteiger partial charge in [0.15, 0.2) is 0 Å². The Hall–Kier alpha value is -0.0400. The largest absolute Gasteiger partial charge is 0.300 e. The Morgan fingerprint density at radius 3 is 1.20 bits per heavy atom. The highest BCUT2D eigenvalue weighted by Gasteiger charge is 2.36. The van der Waals surface area contributed by atoms with Gasteiger partial charge in [-0.15, -0.1) is 0 Å². The summed E-state index contributed by atoms with van der Waals surface area (Å²) in [5.74, 6) is 1.72. The van der Waals surface area contributed by atoms with E-state index in [1.54, 1.807) is 0 Å². The molecule has 1 nitrogen and oxygen atoms in total. The summed E-state index contributed by atoms with van der Waals surface area (Å²) in [7, 11) is 2.23. The molecule has 1 aliphatic rings. The first-order chi connectivity index (χ1) is 4.55. The van der Waals surface area contributed by atoms with E-state index in [4.69, 9.17) is 0 Å². The predicted molar refractivity (Wildman–Crippen MR) is 45.0 cm³/mol. The summed E-state index contributed by atoms with van der Waals surface area (Å²) >= 11 is 0. The van der Waals surface area contributed by atoms with Crippen molar-refractivity contribution in [1.29, 1.82) is 0 Å². The Kier molecular flexibility index (Phi) is 2.04. The fourth-order valence-electron chi connectivity index (χ4n) is 1.99. The van der Waals surface area contributed by atoms with Crippen LogP contribution >= 0.6 is 0 Å². The Morgan fingerprint density at radius 1 is 0.800 bits per heavy atom. The molecule has 0 aromatic heterocycles. The van der Waals surface area contributed by atoms with Crippen LogP contribution in [0.5, 0.6) is 0 Å². The normalized spacial score (nSPS) is 50.1. The quantitative estimate of drug-likeness (QED) is 0.498. The molecule has 1 rings (SSSR count). The molecule has 1 unspecified atom stereocenters. The molecule has 1 heteroatoms. The zero-order valence-electron chi connectivity index (χ0n) is 7.76. The number of rotatable bonds is 0. The van der Waals surface area contributed by atoms with Gasteiger partial charge in [0.2, 0.25) is 0 Å². The third kappa shape index (κ3) is 0.968. The van der Waals surface area contributed by atoms with Crippen molar-refractivity contribution in [1.82, 2.24) is 4.90 Å². The molecular weight excluding hydrogens is 122 g/mol. The monoisotopic (exact) mass is 141 g/mol. The fourth-order valence-corrected chi connectivity index (χ4v) is 1.99. The van der Waals surface area contributed by atoms with Gasteiger partial charge in [0.25, 0.3) is 0 Å². The van der Waals surface area contributed by atoms with E-state index in [-0.39, 0.29) is 0 Å². The number of hydrogen-bond donors (Lipinski definition) is 0. The van der Waals surface area contributed by atoms with Crippen LogP contribution in [0.3, 0.4) is 0 Å². The van der Waals surface area contributed by atoms with Gasteiger partial charge in [-0.2, -0.15) is 0 Å². The van der Waals surface area contributed by atoms with Crippen molar-refractivity contribution in [2.24, 2.45) is 11.8 Å². The van der Waals surface area contributed by atoms with Gasteiger partial charge in [0.1, 0.15) is 0 Å². The standard InChI is InChI=1S/C9H19N/c1-6-7(2)9(4)10(5)8(6)3/h6-9H,1-5H3/t6-,7+,8+,9?/m0/s1. The molecule has 4 atom stereocenters. The Morgan fingerprint density at radius 2 is 1.10 bits per heavy atom. The second-order valence-corrected chi connectivity index (χ2v) is 3.86. The lowest BCUT2D eigenvalue weighted by molar-refractivity contribution is 0.248. The molecule has 0 radical (unpaired) electrons. The predicted octanol–water partition coefficient (Wildman–Crippen LogP) is 1.98. The Balaban J connectivity index is 2.68. The van der Waals surface area contributed by atoms with Gasteiger partial charge in [-0.3, -0.25) is 0 Å². The Labute approximate surface area is 64.4 Å². The molecular formula is C9H19N. The lowest BCUT2D eigenvalue weighted by Gasteiger charge is -2.20. The van der Waals surface area contributed by atoms with Crippen LogP contribution in [0.2, 0.25) is 0 Å². The first-order valence-electron chi connectivity index (χ1n) is 4.27. The first-order valence-corrected chi connectivity index (χ1v) is 4.27. The molecule has 0 saturated carbocycles. The third-order valence-electron chi connectivity index (χ3n) is 3.64. The van der Waals surface area contributed by atoms with Crippen molar-refractivity contribution in [3.63, 3.8) is 0 Å². The van der Waals surface area contributed by atoms with Crippen LogP contribution in [0.4, 0.5) is 0 Å². The van der Waals surface area contributed by atoms with Crippen molar-refractivity contribution in [3.05, 3.63) is 0 Å². The van der Waals surface area contributed by atoms with E-state index in [1.807, 2.05) is 0 Å². The second-order valence-electron chi connectivity index (χ2n) is 3.86. The molecule has 10 heavy (non-hydrogen) atoms. The maximum atomic E-state index is 2.48. The molecule has 1 fully saturated rings. The average molecular weight is 141 g/mol. The SMILES string of the molecule is CC1[C@H](C)[C@H](C)[C@@H](C)N1C. The van der Waals surface area contributed by atoms with Crippen LogP contribution in [-0.4, -0.2) is 24.0 Å². The highest BCUT2D eigenvalue weighted by atomic mass is 15.2. The molecule has 1 saturated heterocycles. The van der Waals surface area contributed by atoms with Gasteiger partial charge < -0.3 is 4.90 Å². The number of hydrogen-bond acceptors (Lipinski definition) is 1. The van der Waals surface area contributed by atoms with E-state index >= 15 is 0 Å². The van der Waals surface area contributed by atoms with Crippen LogP contribution in [0.25, 0.3) is 0 Å². The van der Waals surface area contributed by atoms with Crippen molar-refractivity contribution in [2.45, 2.75) is 39.8 Å². The van der Waals surface area contributed by atoms with E-state index in [0.717, 1.165) is 23.9 Å². The molecule has 0 aromatic rings. The zero-order chi connectivity index (χ0) is 7.89. The second kappa shape index (κ2) is 2.54. The van der Waals surface area contributed by atoms with Crippen molar-refractivity contribution >= 4 is 0 Å². The minimum Gasteiger partial charge on any atom is -0.300 e. The van der Waals surface area contributed by atoms with Crippen LogP contribution in [0.15, 0.2) is 0 Å². The summed E-state index contributed by atoms with van der Waals surface area (Å²) in [5.41, 5.74) is 0. The summed E-state index contributed by atoms with van der Waals surface area (Å²) < 4.78 is 0. The van der Waals surface area contributed by atoms with E-state index in [1.165, 1.54) is 0 Å². The van der Waals surface area contributed by atoms with E-state index < -0.39 is 0 Å². The molecule has 0 aromatic carbocycles. The van der Waals surface area contributed by atoms with E-state index in [2.05, 4.69) is 39.6 Å². The van der Waals surface area contributed by atoms with Gasteiger partial charge in [0.05, 0.1) is 0 Å². The number of likely N-dealkylation sites (tertiary alicyclic amines) is 1. The lowest BCUT2D eigenvalue weighted by Crippen LogP contribution is -2.29. The fraction of sp³-hybridized carbons (Fsp3) is 1.00. The van der Waals surface area contributed by atoms with Crippen LogP contribution in [0.1, 0.15) is 27.7 Å². The van der Waals surface area contributed by atoms with Crippen molar-refractivity contribution in [3.8, 4) is 0 Å². The van der Waals surface area contributed by atoms with Gasteiger partial charge in [-0.1, -0.05) is 13.8 Å². The lowest BCUT2D eigenvalue weighted by atomic mass is 9.92. The van der Waals surface area contributed by atoms with Gasteiger partial charge >= 0.3 is 0 Å². The maximum Gasteiger partial charge on any atom is 0.00955 e. The van der Waals surface area contributed by atoms with Crippen molar-refractivity contribution in [2.75, 3.05) is 7.05 Å².